The molecule has 0 radical (unpaired) electrons. The van der Waals surface area contributed by atoms with E-state index in [4.69, 9.17) is 39.5 Å². The molecule has 174 valence electrons. The Labute approximate surface area is 203 Å². The molecular formula is C18H17Cl3N2O7S2. The van der Waals surface area contributed by atoms with Gasteiger partial charge in [-0.25, -0.2) is 18.0 Å². The quantitative estimate of drug-likeness (QED) is 0.251. The number of alkyl halides is 3. The molecule has 1 saturated heterocycles. The van der Waals surface area contributed by atoms with E-state index >= 15 is 0 Å². The molecule has 2 heterocycles. The second-order valence-electron chi connectivity index (χ2n) is 6.76. The van der Waals surface area contributed by atoms with Gasteiger partial charge in [0.2, 0.25) is 3.79 Å². The minimum absolute atomic E-state index is 0.0903. The molecule has 0 bridgehead atoms. The van der Waals surface area contributed by atoms with Crippen LogP contribution in [0.1, 0.15) is 0 Å². The Bertz CT molecular complexity index is 1060. The number of halogens is 3. The van der Waals surface area contributed by atoms with E-state index in [-0.39, 0.29) is 17.0 Å². The standard InChI is InChI=1S/C18H17Cl3N2O7S2/c1-29-17(26)22-12-14(24)23-13(16(25)30-9-18(19,20)21)10(8-32(27,28)15(12)23)7-31-11-5-3-2-4-6-11/h2-6,12,15H,7-9H2,1H3,(H,22,26). The van der Waals surface area contributed by atoms with Crippen molar-refractivity contribution >= 4 is 74.4 Å². The maximum Gasteiger partial charge on any atom is 0.407 e. The molecule has 0 saturated carbocycles. The summed E-state index contributed by atoms with van der Waals surface area (Å²) in [5, 5.41) is 0.707. The van der Waals surface area contributed by atoms with Crippen molar-refractivity contribution in [1.82, 2.24) is 10.2 Å². The van der Waals surface area contributed by atoms with E-state index in [1.807, 2.05) is 30.3 Å². The van der Waals surface area contributed by atoms with E-state index in [2.05, 4.69) is 10.1 Å². The van der Waals surface area contributed by atoms with E-state index in [9.17, 15) is 22.8 Å². The average Bonchev–Trinajstić information content (AvgIpc) is 2.73. The fourth-order valence-electron chi connectivity index (χ4n) is 3.21. The van der Waals surface area contributed by atoms with Crippen LogP contribution in [0.15, 0.2) is 46.5 Å². The van der Waals surface area contributed by atoms with Crippen molar-refractivity contribution in [3.05, 3.63) is 41.6 Å². The Hall–Kier alpha value is -1.66. The first-order valence-electron chi connectivity index (χ1n) is 8.97. The lowest BCUT2D eigenvalue weighted by molar-refractivity contribution is -0.151. The first kappa shape index (κ1) is 25.0. The summed E-state index contributed by atoms with van der Waals surface area (Å²) in [6.45, 7) is -0.609. The van der Waals surface area contributed by atoms with Gasteiger partial charge in [-0.05, 0) is 17.7 Å². The maximum absolute atomic E-state index is 12.9. The average molecular weight is 544 g/mol. The van der Waals surface area contributed by atoms with Crippen molar-refractivity contribution in [1.29, 1.82) is 0 Å². The largest absolute Gasteiger partial charge is 0.456 e. The van der Waals surface area contributed by atoms with Gasteiger partial charge in [-0.1, -0.05) is 53.0 Å². The molecule has 0 aliphatic carbocycles. The van der Waals surface area contributed by atoms with Gasteiger partial charge in [0.25, 0.3) is 5.91 Å². The lowest BCUT2D eigenvalue weighted by atomic mass is 10.0. The van der Waals surface area contributed by atoms with Gasteiger partial charge in [-0.3, -0.25) is 9.69 Å². The molecule has 1 fully saturated rings. The monoisotopic (exact) mass is 542 g/mol. The zero-order chi connectivity index (χ0) is 23.7. The topological polar surface area (TPSA) is 119 Å². The number of benzene rings is 1. The third-order valence-electron chi connectivity index (χ3n) is 4.54. The number of hydrogen-bond acceptors (Lipinski definition) is 8. The summed E-state index contributed by atoms with van der Waals surface area (Å²) in [6.07, 6.45) is -0.979. The van der Waals surface area contributed by atoms with Gasteiger partial charge in [-0.2, -0.15) is 0 Å². The number of alkyl carbamates (subject to hydrolysis) is 1. The maximum atomic E-state index is 12.9. The van der Waals surface area contributed by atoms with Gasteiger partial charge in [0.15, 0.2) is 15.2 Å². The first-order valence-corrected chi connectivity index (χ1v) is 12.8. The number of rotatable bonds is 6. The number of methoxy groups -OCH3 is 1. The van der Waals surface area contributed by atoms with Crippen molar-refractivity contribution < 1.29 is 32.3 Å². The van der Waals surface area contributed by atoms with Crippen LogP contribution < -0.4 is 5.32 Å². The van der Waals surface area contributed by atoms with Gasteiger partial charge in [0, 0.05) is 10.6 Å². The Balaban J connectivity index is 1.95. The molecule has 1 aromatic rings. The lowest BCUT2D eigenvalue weighted by Crippen LogP contribution is -2.74. The molecule has 1 aromatic carbocycles. The zero-order valence-electron chi connectivity index (χ0n) is 16.4. The molecule has 14 heteroatoms. The molecule has 9 nitrogen and oxygen atoms in total. The van der Waals surface area contributed by atoms with Crippen LogP contribution in [0.2, 0.25) is 0 Å². The minimum Gasteiger partial charge on any atom is -0.456 e. The number of ether oxygens (including phenoxy) is 2. The van der Waals surface area contributed by atoms with Crippen LogP contribution in [0.3, 0.4) is 0 Å². The van der Waals surface area contributed by atoms with Crippen molar-refractivity contribution in [3.8, 4) is 0 Å². The summed E-state index contributed by atoms with van der Waals surface area (Å²) >= 11 is 18.2. The predicted octanol–water partition coefficient (Wildman–Crippen LogP) is 2.27. The smallest absolute Gasteiger partial charge is 0.407 e. The van der Waals surface area contributed by atoms with E-state index in [1.54, 1.807) is 0 Å². The lowest BCUT2D eigenvalue weighted by Gasteiger charge is -2.49. The Morgan fingerprint density at radius 1 is 1.25 bits per heavy atom. The Kier molecular flexibility index (Phi) is 7.55. The first-order chi connectivity index (χ1) is 14.9. The highest BCUT2D eigenvalue weighted by atomic mass is 35.6. The number of fused-ring (bicyclic) bond motifs is 1. The van der Waals surface area contributed by atoms with Crippen LogP contribution in [0, 0.1) is 0 Å². The van der Waals surface area contributed by atoms with Gasteiger partial charge in [-0.15, -0.1) is 11.8 Å². The second-order valence-corrected chi connectivity index (χ2v) is 12.4. The normalized spacial score (nSPS) is 22.0. The minimum atomic E-state index is -3.95. The number of β-lactam (4-membered cyclic amide) rings is 1. The summed E-state index contributed by atoms with van der Waals surface area (Å²) in [6, 6.07) is 7.68. The number of carbonyl (C=O) groups is 3. The molecule has 2 unspecified atom stereocenters. The number of amides is 2. The van der Waals surface area contributed by atoms with Crippen molar-refractivity contribution in [2.45, 2.75) is 20.1 Å². The number of nitrogens with one attached hydrogen (secondary N) is 1. The van der Waals surface area contributed by atoms with Gasteiger partial charge in [0.1, 0.15) is 18.3 Å². The summed E-state index contributed by atoms with van der Waals surface area (Å²) in [7, 11) is -2.87. The molecule has 1 N–H and O–H groups in total. The van der Waals surface area contributed by atoms with Gasteiger partial charge >= 0.3 is 12.1 Å². The van der Waals surface area contributed by atoms with Crippen LogP contribution in [0.25, 0.3) is 0 Å². The molecule has 2 atom stereocenters. The number of esters is 1. The highest BCUT2D eigenvalue weighted by Crippen LogP contribution is 2.39. The highest BCUT2D eigenvalue weighted by molar-refractivity contribution is 7.99. The van der Waals surface area contributed by atoms with Crippen LogP contribution in [0.5, 0.6) is 0 Å². The molecule has 32 heavy (non-hydrogen) atoms. The predicted molar refractivity (Wildman–Crippen MR) is 119 cm³/mol. The van der Waals surface area contributed by atoms with Crippen LogP contribution >= 0.6 is 46.6 Å². The van der Waals surface area contributed by atoms with Crippen molar-refractivity contribution in [2.75, 3.05) is 25.2 Å². The fourth-order valence-corrected chi connectivity index (χ4v) is 6.46. The molecule has 2 amide bonds. The van der Waals surface area contributed by atoms with Gasteiger partial charge in [0.05, 0.1) is 12.9 Å². The molecular weight excluding hydrogens is 527 g/mol. The van der Waals surface area contributed by atoms with Crippen LogP contribution in [-0.2, 0) is 28.9 Å². The van der Waals surface area contributed by atoms with Crippen LogP contribution in [0.4, 0.5) is 4.79 Å². The summed E-state index contributed by atoms with van der Waals surface area (Å²) in [5.74, 6) is -2.23. The highest BCUT2D eigenvalue weighted by Gasteiger charge is 2.60. The van der Waals surface area contributed by atoms with Gasteiger partial charge < -0.3 is 14.8 Å². The van der Waals surface area contributed by atoms with E-state index < -0.39 is 55.4 Å². The van der Waals surface area contributed by atoms with E-state index in [1.165, 1.54) is 11.8 Å². The van der Waals surface area contributed by atoms with E-state index in [0.717, 1.165) is 16.9 Å². The third-order valence-corrected chi connectivity index (χ3v) is 7.93. The number of sulfone groups is 1. The molecule has 2 aliphatic rings. The number of thioether (sulfide) groups is 1. The number of carbonyl (C=O) groups excluding carboxylic acids is 3. The molecule has 0 spiro atoms. The summed E-state index contributed by atoms with van der Waals surface area (Å²) in [4.78, 5) is 38.7. The van der Waals surface area contributed by atoms with Crippen LogP contribution in [-0.4, -0.2) is 71.7 Å². The van der Waals surface area contributed by atoms with Crippen molar-refractivity contribution in [2.24, 2.45) is 0 Å². The van der Waals surface area contributed by atoms with Crippen molar-refractivity contribution in [3.63, 3.8) is 0 Å². The molecule has 2 aliphatic heterocycles. The Morgan fingerprint density at radius 2 is 1.91 bits per heavy atom. The number of hydrogen-bond donors (Lipinski definition) is 1. The number of nitrogens with zero attached hydrogens (tertiary/aromatic N) is 1. The Morgan fingerprint density at radius 3 is 2.50 bits per heavy atom. The summed E-state index contributed by atoms with van der Waals surface area (Å²) in [5.41, 5.74) is -0.0790. The molecule has 0 aromatic heterocycles. The third kappa shape index (κ3) is 5.45. The molecule has 3 rings (SSSR count). The second kappa shape index (κ2) is 9.68. The summed E-state index contributed by atoms with van der Waals surface area (Å²) < 4.78 is 33.4. The zero-order valence-corrected chi connectivity index (χ0v) is 20.3. The SMILES string of the molecule is COC(=O)NC1C(=O)N2C(C(=O)OCC(Cl)(Cl)Cl)=C(CSc3ccccc3)CS(=O)(=O)C12. The fraction of sp³-hybridized carbons (Fsp3) is 0.389. The van der Waals surface area contributed by atoms with E-state index in [0.29, 0.717) is 0 Å².